The number of aromatic nitrogens is 2. The van der Waals surface area contributed by atoms with Crippen molar-refractivity contribution in [2.24, 2.45) is 0 Å². The molecule has 0 aromatic carbocycles. The summed E-state index contributed by atoms with van der Waals surface area (Å²) in [5.41, 5.74) is 2.12. The van der Waals surface area contributed by atoms with Crippen molar-refractivity contribution in [3.8, 4) is 0 Å². The van der Waals surface area contributed by atoms with Crippen LogP contribution in [0.25, 0.3) is 0 Å². The molecule has 74 valence electrons. The summed E-state index contributed by atoms with van der Waals surface area (Å²) in [6, 6.07) is 0.623. The molecule has 2 aliphatic heterocycles. The van der Waals surface area contributed by atoms with Gasteiger partial charge in [-0.3, -0.25) is 9.97 Å². The Morgan fingerprint density at radius 1 is 1.43 bits per heavy atom. The van der Waals surface area contributed by atoms with E-state index in [0.29, 0.717) is 6.04 Å². The molecule has 2 atom stereocenters. The highest BCUT2D eigenvalue weighted by Crippen LogP contribution is 2.33. The fourth-order valence-electron chi connectivity index (χ4n) is 2.41. The highest BCUT2D eigenvalue weighted by molar-refractivity contribution is 5.21. The second-order valence-corrected chi connectivity index (χ2v) is 4.29. The normalized spacial score (nSPS) is 35.1. The number of hydrogen-bond donors (Lipinski definition) is 2. The minimum atomic E-state index is 0.0609. The van der Waals surface area contributed by atoms with Crippen molar-refractivity contribution in [2.75, 3.05) is 13.1 Å². The van der Waals surface area contributed by atoms with Gasteiger partial charge in [-0.25, -0.2) is 0 Å². The number of aryl methyl sites for hydroxylation is 1. The van der Waals surface area contributed by atoms with Crippen LogP contribution in [0.5, 0.6) is 0 Å². The standard InChI is InChI=1S/C10H14N4/c1-7-3-12-9(5-11-7)10-2-8(4-14-10)13-6-10/h3,5,8,13-14H,2,4,6H2,1H3/t8?,10-/m0/s1. The minimum absolute atomic E-state index is 0.0609. The maximum absolute atomic E-state index is 4.46. The van der Waals surface area contributed by atoms with Crippen LogP contribution in [0.4, 0.5) is 0 Å². The maximum Gasteiger partial charge on any atom is 0.0801 e. The van der Waals surface area contributed by atoms with Crippen molar-refractivity contribution in [3.63, 3.8) is 0 Å². The Morgan fingerprint density at radius 3 is 2.86 bits per heavy atom. The Balaban J connectivity index is 1.98. The molecule has 2 saturated heterocycles. The lowest BCUT2D eigenvalue weighted by molar-refractivity contribution is 0.381. The van der Waals surface area contributed by atoms with Crippen molar-refractivity contribution < 1.29 is 0 Å². The lowest BCUT2D eigenvalue weighted by Gasteiger charge is -2.26. The number of nitrogens with zero attached hydrogens (tertiary/aromatic N) is 2. The predicted octanol–water partition coefficient (Wildman–Crippen LogP) is -0.0546. The van der Waals surface area contributed by atoms with E-state index in [0.717, 1.165) is 30.9 Å². The molecular weight excluding hydrogens is 176 g/mol. The second kappa shape index (κ2) is 2.74. The molecule has 1 aromatic heterocycles. The van der Waals surface area contributed by atoms with Crippen molar-refractivity contribution in [1.29, 1.82) is 0 Å². The topological polar surface area (TPSA) is 49.8 Å². The zero-order chi connectivity index (χ0) is 9.60. The number of rotatable bonds is 1. The van der Waals surface area contributed by atoms with E-state index in [1.807, 2.05) is 19.3 Å². The Kier molecular flexibility index (Phi) is 1.63. The molecule has 0 aliphatic carbocycles. The van der Waals surface area contributed by atoms with Gasteiger partial charge in [0.25, 0.3) is 0 Å². The van der Waals surface area contributed by atoms with E-state index in [1.54, 1.807) is 0 Å². The molecule has 0 spiro atoms. The van der Waals surface area contributed by atoms with Crippen LogP contribution in [0.1, 0.15) is 17.8 Å². The SMILES string of the molecule is Cc1cnc([C@]23CNC(CN2)C3)cn1. The van der Waals surface area contributed by atoms with E-state index >= 15 is 0 Å². The first-order valence-electron chi connectivity index (χ1n) is 5.06. The minimum Gasteiger partial charge on any atom is -0.310 e. The lowest BCUT2D eigenvalue weighted by Crippen LogP contribution is -2.48. The first-order valence-corrected chi connectivity index (χ1v) is 5.06. The first kappa shape index (κ1) is 8.32. The summed E-state index contributed by atoms with van der Waals surface area (Å²) in [5, 5.41) is 7.02. The fraction of sp³-hybridized carbons (Fsp3) is 0.600. The third-order valence-electron chi connectivity index (χ3n) is 3.25. The van der Waals surface area contributed by atoms with Crippen LogP contribution >= 0.6 is 0 Å². The summed E-state index contributed by atoms with van der Waals surface area (Å²) < 4.78 is 0. The van der Waals surface area contributed by atoms with Gasteiger partial charge >= 0.3 is 0 Å². The van der Waals surface area contributed by atoms with Crippen molar-refractivity contribution in [2.45, 2.75) is 24.9 Å². The van der Waals surface area contributed by atoms with Crippen LogP contribution in [0.3, 0.4) is 0 Å². The van der Waals surface area contributed by atoms with Crippen LogP contribution < -0.4 is 10.6 Å². The van der Waals surface area contributed by atoms with Gasteiger partial charge < -0.3 is 10.6 Å². The monoisotopic (exact) mass is 190 g/mol. The molecule has 3 heterocycles. The van der Waals surface area contributed by atoms with Crippen LogP contribution in [0.2, 0.25) is 0 Å². The summed E-state index contributed by atoms with van der Waals surface area (Å²) in [4.78, 5) is 8.77. The van der Waals surface area contributed by atoms with Gasteiger partial charge in [0.15, 0.2) is 0 Å². The lowest BCUT2D eigenvalue weighted by atomic mass is 9.96. The van der Waals surface area contributed by atoms with E-state index < -0.39 is 0 Å². The second-order valence-electron chi connectivity index (χ2n) is 4.29. The van der Waals surface area contributed by atoms with Gasteiger partial charge in [0, 0.05) is 25.3 Å². The molecule has 1 aromatic rings. The van der Waals surface area contributed by atoms with Crippen molar-refractivity contribution in [1.82, 2.24) is 20.6 Å². The predicted molar refractivity (Wildman–Crippen MR) is 52.9 cm³/mol. The largest absolute Gasteiger partial charge is 0.310 e. The number of hydrogen-bond acceptors (Lipinski definition) is 4. The molecular formula is C10H14N4. The van der Waals surface area contributed by atoms with Crippen molar-refractivity contribution in [3.05, 3.63) is 23.8 Å². The highest BCUT2D eigenvalue weighted by Gasteiger charge is 2.46. The summed E-state index contributed by atoms with van der Waals surface area (Å²) in [6.07, 6.45) is 4.89. The smallest absolute Gasteiger partial charge is 0.0801 e. The van der Waals surface area contributed by atoms with Crippen LogP contribution in [0.15, 0.2) is 12.4 Å². The van der Waals surface area contributed by atoms with Gasteiger partial charge in [0.2, 0.25) is 0 Å². The van der Waals surface area contributed by atoms with Crippen LogP contribution in [-0.4, -0.2) is 29.1 Å². The Labute approximate surface area is 83.1 Å². The molecule has 2 aliphatic rings. The maximum atomic E-state index is 4.46. The number of nitrogens with one attached hydrogen (secondary N) is 2. The molecule has 2 bridgehead atoms. The van der Waals surface area contributed by atoms with Gasteiger partial charge in [-0.05, 0) is 13.3 Å². The fourth-order valence-corrected chi connectivity index (χ4v) is 2.41. The summed E-state index contributed by atoms with van der Waals surface area (Å²) in [7, 11) is 0. The van der Waals surface area contributed by atoms with Crippen LogP contribution in [-0.2, 0) is 5.54 Å². The van der Waals surface area contributed by atoms with E-state index in [4.69, 9.17) is 0 Å². The van der Waals surface area contributed by atoms with E-state index in [-0.39, 0.29) is 5.54 Å². The summed E-state index contributed by atoms with van der Waals surface area (Å²) >= 11 is 0. The quantitative estimate of drug-likeness (QED) is 0.651. The highest BCUT2D eigenvalue weighted by atomic mass is 15.2. The zero-order valence-electron chi connectivity index (χ0n) is 8.25. The molecule has 0 radical (unpaired) electrons. The average Bonchev–Trinajstić information content (AvgIpc) is 2.79. The Morgan fingerprint density at radius 2 is 2.36 bits per heavy atom. The van der Waals surface area contributed by atoms with E-state index in [9.17, 15) is 0 Å². The average molecular weight is 190 g/mol. The molecule has 4 nitrogen and oxygen atoms in total. The Hall–Kier alpha value is -1.00. The van der Waals surface area contributed by atoms with Gasteiger partial charge in [0.05, 0.1) is 23.1 Å². The summed E-state index contributed by atoms with van der Waals surface area (Å²) in [5.74, 6) is 0. The van der Waals surface area contributed by atoms with Gasteiger partial charge in [0.1, 0.15) is 0 Å². The molecule has 0 amide bonds. The molecule has 1 unspecified atom stereocenters. The third kappa shape index (κ3) is 1.07. The molecule has 3 rings (SSSR count). The van der Waals surface area contributed by atoms with Gasteiger partial charge in [-0.15, -0.1) is 0 Å². The molecule has 2 fully saturated rings. The van der Waals surface area contributed by atoms with E-state index in [2.05, 4.69) is 20.6 Å². The molecule has 4 heteroatoms. The third-order valence-corrected chi connectivity index (χ3v) is 3.25. The van der Waals surface area contributed by atoms with E-state index in [1.165, 1.54) is 0 Å². The molecule has 14 heavy (non-hydrogen) atoms. The number of fused-ring (bicyclic) bond motifs is 2. The first-order chi connectivity index (χ1) is 6.78. The number of piperazine rings is 1. The summed E-state index contributed by atoms with van der Waals surface area (Å²) in [6.45, 7) is 4.00. The van der Waals surface area contributed by atoms with Crippen LogP contribution in [0, 0.1) is 6.92 Å². The zero-order valence-corrected chi connectivity index (χ0v) is 8.25. The van der Waals surface area contributed by atoms with Crippen molar-refractivity contribution >= 4 is 0 Å². The molecule has 2 N–H and O–H groups in total. The Bertz CT molecular complexity index is 338. The molecule has 0 saturated carbocycles. The van der Waals surface area contributed by atoms with Gasteiger partial charge in [-0.1, -0.05) is 0 Å². The van der Waals surface area contributed by atoms with Gasteiger partial charge in [-0.2, -0.15) is 0 Å².